The standard InChI is InChI=1S/C20H39N5O.HI/c1-3-8-23-9-5-18(6-10-23)16-22-20(21-4-2)25-11-7-19(17-25)24-12-14-26-15-13-24;/h18-19H,3-17H2,1-2H3,(H,21,22);1H. The summed E-state index contributed by atoms with van der Waals surface area (Å²) in [4.78, 5) is 12.7. The van der Waals surface area contributed by atoms with E-state index >= 15 is 0 Å². The zero-order chi connectivity index (χ0) is 18.2. The first kappa shape index (κ1) is 23.2. The summed E-state index contributed by atoms with van der Waals surface area (Å²) in [6, 6.07) is 0.667. The fourth-order valence-electron chi connectivity index (χ4n) is 4.53. The lowest BCUT2D eigenvalue weighted by atomic mass is 9.97. The lowest BCUT2D eigenvalue weighted by molar-refractivity contribution is 0.0195. The molecule has 6 nitrogen and oxygen atoms in total. The maximum Gasteiger partial charge on any atom is 0.193 e. The topological polar surface area (TPSA) is 43.3 Å². The maximum absolute atomic E-state index is 5.51. The average molecular weight is 493 g/mol. The van der Waals surface area contributed by atoms with E-state index in [2.05, 4.69) is 33.9 Å². The fourth-order valence-corrected chi connectivity index (χ4v) is 4.53. The smallest absolute Gasteiger partial charge is 0.193 e. The third-order valence-electron chi connectivity index (χ3n) is 6.11. The second kappa shape index (κ2) is 12.4. The molecule has 3 heterocycles. The van der Waals surface area contributed by atoms with Crippen molar-refractivity contribution in [1.29, 1.82) is 0 Å². The number of rotatable bonds is 6. The molecule has 3 rings (SSSR count). The van der Waals surface area contributed by atoms with Gasteiger partial charge in [0.05, 0.1) is 13.2 Å². The number of halogens is 1. The van der Waals surface area contributed by atoms with Gasteiger partial charge >= 0.3 is 0 Å². The first-order valence-corrected chi connectivity index (χ1v) is 10.9. The largest absolute Gasteiger partial charge is 0.379 e. The Balaban J connectivity index is 0.00000261. The molecular weight excluding hydrogens is 453 g/mol. The number of piperidine rings is 1. The normalized spacial score (nSPS) is 26.2. The minimum absolute atomic E-state index is 0. The number of aliphatic imine (C=N–C) groups is 1. The monoisotopic (exact) mass is 493 g/mol. The van der Waals surface area contributed by atoms with Crippen molar-refractivity contribution in [3.05, 3.63) is 0 Å². The van der Waals surface area contributed by atoms with E-state index in [0.29, 0.717) is 6.04 Å². The highest BCUT2D eigenvalue weighted by molar-refractivity contribution is 14.0. The summed E-state index contributed by atoms with van der Waals surface area (Å²) in [5.41, 5.74) is 0. The highest BCUT2D eigenvalue weighted by Gasteiger charge is 2.30. The van der Waals surface area contributed by atoms with E-state index in [0.717, 1.165) is 64.4 Å². The van der Waals surface area contributed by atoms with E-state index in [1.165, 1.54) is 45.3 Å². The van der Waals surface area contributed by atoms with E-state index in [-0.39, 0.29) is 24.0 Å². The molecule has 0 radical (unpaired) electrons. The van der Waals surface area contributed by atoms with Crippen LogP contribution in [0.25, 0.3) is 0 Å². The first-order chi connectivity index (χ1) is 12.8. The van der Waals surface area contributed by atoms with Crippen LogP contribution in [0, 0.1) is 5.92 Å². The van der Waals surface area contributed by atoms with Crippen LogP contribution in [0.3, 0.4) is 0 Å². The van der Waals surface area contributed by atoms with Gasteiger partial charge in [0.2, 0.25) is 0 Å². The molecule has 1 unspecified atom stereocenters. The Hall–Kier alpha value is -0.120. The zero-order valence-corrected chi connectivity index (χ0v) is 19.7. The van der Waals surface area contributed by atoms with Gasteiger partial charge in [0, 0.05) is 45.3 Å². The van der Waals surface area contributed by atoms with Crippen LogP contribution in [0.5, 0.6) is 0 Å². The van der Waals surface area contributed by atoms with Gasteiger partial charge < -0.3 is 19.9 Å². The van der Waals surface area contributed by atoms with Crippen molar-refractivity contribution in [2.24, 2.45) is 10.9 Å². The minimum Gasteiger partial charge on any atom is -0.379 e. The number of likely N-dealkylation sites (tertiary alicyclic amines) is 2. The minimum atomic E-state index is 0. The maximum atomic E-state index is 5.51. The summed E-state index contributed by atoms with van der Waals surface area (Å²) in [7, 11) is 0. The van der Waals surface area contributed by atoms with Crippen LogP contribution in [-0.2, 0) is 4.74 Å². The van der Waals surface area contributed by atoms with Crippen LogP contribution < -0.4 is 5.32 Å². The average Bonchev–Trinajstić information content (AvgIpc) is 3.17. The van der Waals surface area contributed by atoms with Crippen molar-refractivity contribution >= 4 is 29.9 Å². The van der Waals surface area contributed by atoms with Crippen molar-refractivity contribution in [1.82, 2.24) is 20.0 Å². The third kappa shape index (κ3) is 7.01. The predicted octanol–water partition coefficient (Wildman–Crippen LogP) is 2.10. The van der Waals surface area contributed by atoms with Gasteiger partial charge in [-0.3, -0.25) is 9.89 Å². The fraction of sp³-hybridized carbons (Fsp3) is 0.950. The van der Waals surface area contributed by atoms with Crippen LogP contribution in [0.4, 0.5) is 0 Å². The van der Waals surface area contributed by atoms with E-state index in [9.17, 15) is 0 Å². The molecule has 0 aromatic carbocycles. The summed E-state index contributed by atoms with van der Waals surface area (Å²) in [5.74, 6) is 1.90. The quantitative estimate of drug-likeness (QED) is 0.349. The summed E-state index contributed by atoms with van der Waals surface area (Å²) < 4.78 is 5.51. The Kier molecular flexibility index (Phi) is 10.7. The number of hydrogen-bond donors (Lipinski definition) is 1. The summed E-state index contributed by atoms with van der Waals surface area (Å²) in [5, 5.41) is 3.54. The Labute approximate surface area is 183 Å². The molecule has 3 saturated heterocycles. The molecule has 0 aromatic heterocycles. The molecule has 7 heteroatoms. The highest BCUT2D eigenvalue weighted by atomic mass is 127. The van der Waals surface area contributed by atoms with Gasteiger partial charge in [-0.25, -0.2) is 0 Å². The molecule has 3 fully saturated rings. The molecule has 0 saturated carbocycles. The van der Waals surface area contributed by atoms with Crippen LogP contribution in [0.2, 0.25) is 0 Å². The summed E-state index contributed by atoms with van der Waals surface area (Å²) >= 11 is 0. The second-order valence-corrected chi connectivity index (χ2v) is 8.02. The molecule has 27 heavy (non-hydrogen) atoms. The van der Waals surface area contributed by atoms with E-state index in [1.807, 2.05) is 0 Å². The summed E-state index contributed by atoms with van der Waals surface area (Å²) in [6.45, 7) is 16.4. The number of hydrogen-bond acceptors (Lipinski definition) is 4. The molecule has 1 atom stereocenters. The van der Waals surface area contributed by atoms with Crippen molar-refractivity contribution in [3.63, 3.8) is 0 Å². The van der Waals surface area contributed by atoms with Gasteiger partial charge in [0.25, 0.3) is 0 Å². The lowest BCUT2D eigenvalue weighted by Crippen LogP contribution is -2.46. The SMILES string of the molecule is CCCN1CCC(CN=C(NCC)N2CCC(N3CCOCC3)C2)CC1.I. The van der Waals surface area contributed by atoms with E-state index in [4.69, 9.17) is 9.73 Å². The summed E-state index contributed by atoms with van der Waals surface area (Å²) in [6.07, 6.45) is 5.13. The van der Waals surface area contributed by atoms with Gasteiger partial charge in [0.1, 0.15) is 0 Å². The van der Waals surface area contributed by atoms with Gasteiger partial charge in [-0.05, 0) is 58.2 Å². The van der Waals surface area contributed by atoms with Crippen LogP contribution in [0.1, 0.15) is 39.5 Å². The van der Waals surface area contributed by atoms with Gasteiger partial charge in [-0.15, -0.1) is 24.0 Å². The molecule has 0 aromatic rings. The molecule has 158 valence electrons. The van der Waals surface area contributed by atoms with Crippen LogP contribution >= 0.6 is 24.0 Å². The van der Waals surface area contributed by atoms with E-state index < -0.39 is 0 Å². The molecule has 0 amide bonds. The predicted molar refractivity (Wildman–Crippen MR) is 123 cm³/mol. The first-order valence-electron chi connectivity index (χ1n) is 10.9. The highest BCUT2D eigenvalue weighted by Crippen LogP contribution is 2.19. The lowest BCUT2D eigenvalue weighted by Gasteiger charge is -2.32. The van der Waals surface area contributed by atoms with Crippen molar-refractivity contribution < 1.29 is 4.74 Å². The molecular formula is C20H40IN5O. The van der Waals surface area contributed by atoms with Crippen molar-refractivity contribution in [2.75, 3.05) is 72.1 Å². The molecule has 0 bridgehead atoms. The van der Waals surface area contributed by atoms with Crippen LogP contribution in [-0.4, -0.2) is 98.8 Å². The Morgan fingerprint density at radius 3 is 2.44 bits per heavy atom. The third-order valence-corrected chi connectivity index (χ3v) is 6.11. The molecule has 0 spiro atoms. The van der Waals surface area contributed by atoms with Crippen LogP contribution in [0.15, 0.2) is 4.99 Å². The number of nitrogens with zero attached hydrogens (tertiary/aromatic N) is 4. The second-order valence-electron chi connectivity index (χ2n) is 8.02. The van der Waals surface area contributed by atoms with Crippen molar-refractivity contribution in [3.8, 4) is 0 Å². The number of morpholine rings is 1. The molecule has 0 aliphatic carbocycles. The van der Waals surface area contributed by atoms with E-state index in [1.54, 1.807) is 0 Å². The van der Waals surface area contributed by atoms with Crippen molar-refractivity contribution in [2.45, 2.75) is 45.6 Å². The Morgan fingerprint density at radius 1 is 1.04 bits per heavy atom. The zero-order valence-electron chi connectivity index (χ0n) is 17.4. The van der Waals surface area contributed by atoms with Gasteiger partial charge in [-0.1, -0.05) is 6.92 Å². The Bertz CT molecular complexity index is 436. The molecule has 3 aliphatic heterocycles. The molecule has 1 N–H and O–H groups in total. The molecule has 3 aliphatic rings. The van der Waals surface area contributed by atoms with Gasteiger partial charge in [0.15, 0.2) is 5.96 Å². The number of nitrogens with one attached hydrogen (secondary N) is 1. The Morgan fingerprint density at radius 2 is 1.78 bits per heavy atom. The number of guanidine groups is 1. The van der Waals surface area contributed by atoms with Gasteiger partial charge in [-0.2, -0.15) is 0 Å². The number of ether oxygens (including phenoxy) is 1.